The summed E-state index contributed by atoms with van der Waals surface area (Å²) in [5.74, 6) is 0. The van der Waals surface area contributed by atoms with Gasteiger partial charge in [-0.05, 0) is 26.2 Å². The van der Waals surface area contributed by atoms with E-state index in [1.54, 1.807) is 0 Å². The smallest absolute Gasteiger partial charge is 0.0316 e. The van der Waals surface area contributed by atoms with Gasteiger partial charge in [-0.15, -0.1) is 0 Å². The SMILES string of the molecule is CC=CCCC=CCCC.CCCCC. The predicted octanol–water partition coefficient (Wildman–Crippen LogP) is 5.90. The summed E-state index contributed by atoms with van der Waals surface area (Å²) in [4.78, 5) is 0. The number of allylic oxidation sites excluding steroid dienone is 4. The fraction of sp³-hybridized carbons (Fsp3) is 0.733. The van der Waals surface area contributed by atoms with Gasteiger partial charge >= 0.3 is 0 Å². The van der Waals surface area contributed by atoms with E-state index in [1.165, 1.54) is 44.9 Å². The summed E-state index contributed by atoms with van der Waals surface area (Å²) in [6, 6.07) is 0. The fourth-order valence-electron chi connectivity index (χ4n) is 1.12. The van der Waals surface area contributed by atoms with Gasteiger partial charge in [0.2, 0.25) is 0 Å². The molecule has 0 radical (unpaired) electrons. The van der Waals surface area contributed by atoms with Crippen LogP contribution in [0.5, 0.6) is 0 Å². The molecule has 0 heterocycles. The molecule has 0 nitrogen and oxygen atoms in total. The molecule has 0 saturated heterocycles. The second-order valence-corrected chi connectivity index (χ2v) is 3.76. The molecule has 0 aliphatic rings. The van der Waals surface area contributed by atoms with E-state index in [0.717, 1.165) is 0 Å². The van der Waals surface area contributed by atoms with Crippen molar-refractivity contribution >= 4 is 0 Å². The van der Waals surface area contributed by atoms with Gasteiger partial charge in [0, 0.05) is 0 Å². The molecule has 0 amide bonds. The van der Waals surface area contributed by atoms with Crippen molar-refractivity contribution in [2.75, 3.05) is 0 Å². The van der Waals surface area contributed by atoms with Gasteiger partial charge in [-0.25, -0.2) is 0 Å². The van der Waals surface area contributed by atoms with Crippen LogP contribution < -0.4 is 0 Å². The van der Waals surface area contributed by atoms with E-state index in [4.69, 9.17) is 0 Å². The van der Waals surface area contributed by atoms with E-state index in [2.05, 4.69) is 52.0 Å². The molecule has 0 aromatic carbocycles. The average Bonchev–Trinajstić information content (AvgIpc) is 2.25. The van der Waals surface area contributed by atoms with Gasteiger partial charge < -0.3 is 0 Å². The Balaban J connectivity index is 0. The van der Waals surface area contributed by atoms with Crippen molar-refractivity contribution in [3.05, 3.63) is 24.3 Å². The zero-order valence-corrected chi connectivity index (χ0v) is 11.3. The zero-order chi connectivity index (χ0) is 11.8. The van der Waals surface area contributed by atoms with Crippen molar-refractivity contribution < 1.29 is 0 Å². The first-order valence-corrected chi connectivity index (χ1v) is 6.59. The normalized spacial score (nSPS) is 10.7. The van der Waals surface area contributed by atoms with Crippen LogP contribution in [-0.4, -0.2) is 0 Å². The molecule has 0 aromatic rings. The second kappa shape index (κ2) is 19.1. The van der Waals surface area contributed by atoms with Crippen LogP contribution in [0.4, 0.5) is 0 Å². The number of hydrogen-bond donors (Lipinski definition) is 0. The van der Waals surface area contributed by atoms with Gasteiger partial charge in [-0.2, -0.15) is 0 Å². The van der Waals surface area contributed by atoms with Crippen LogP contribution in [-0.2, 0) is 0 Å². The van der Waals surface area contributed by atoms with Crippen molar-refractivity contribution in [2.45, 2.75) is 72.6 Å². The Hall–Kier alpha value is -0.520. The minimum Gasteiger partial charge on any atom is -0.0917 e. The summed E-state index contributed by atoms with van der Waals surface area (Å²) in [5.41, 5.74) is 0. The molecule has 0 aliphatic carbocycles. The van der Waals surface area contributed by atoms with E-state index in [0.29, 0.717) is 0 Å². The van der Waals surface area contributed by atoms with Crippen LogP contribution >= 0.6 is 0 Å². The molecule has 0 fully saturated rings. The highest BCUT2D eigenvalue weighted by Crippen LogP contribution is 1.95. The number of hydrogen-bond acceptors (Lipinski definition) is 0. The van der Waals surface area contributed by atoms with Crippen LogP contribution in [0.1, 0.15) is 72.6 Å². The molecular weight excluding hydrogens is 180 g/mol. The Morgan fingerprint density at radius 3 is 1.60 bits per heavy atom. The molecule has 0 unspecified atom stereocenters. The van der Waals surface area contributed by atoms with Crippen LogP contribution in [0.15, 0.2) is 24.3 Å². The van der Waals surface area contributed by atoms with Crippen molar-refractivity contribution in [3.63, 3.8) is 0 Å². The monoisotopic (exact) mass is 210 g/mol. The summed E-state index contributed by atoms with van der Waals surface area (Å²) < 4.78 is 0. The van der Waals surface area contributed by atoms with E-state index in [-0.39, 0.29) is 0 Å². The molecule has 0 atom stereocenters. The van der Waals surface area contributed by atoms with Crippen LogP contribution in [0.3, 0.4) is 0 Å². The molecule has 90 valence electrons. The molecule has 0 spiro atoms. The lowest BCUT2D eigenvalue weighted by Gasteiger charge is -1.85. The van der Waals surface area contributed by atoms with Crippen molar-refractivity contribution in [1.29, 1.82) is 0 Å². The zero-order valence-electron chi connectivity index (χ0n) is 11.3. The first-order valence-electron chi connectivity index (χ1n) is 6.59. The summed E-state index contributed by atoms with van der Waals surface area (Å²) in [5, 5.41) is 0. The molecule has 0 saturated carbocycles. The Morgan fingerprint density at radius 2 is 1.20 bits per heavy atom. The van der Waals surface area contributed by atoms with Crippen molar-refractivity contribution in [2.24, 2.45) is 0 Å². The Kier molecular flexibility index (Phi) is 21.5. The molecule has 0 heteroatoms. The Morgan fingerprint density at radius 1 is 0.667 bits per heavy atom. The summed E-state index contributed by atoms with van der Waals surface area (Å²) in [6.07, 6.45) is 17.8. The van der Waals surface area contributed by atoms with Crippen LogP contribution in [0.25, 0.3) is 0 Å². The Bertz CT molecular complexity index is 129. The van der Waals surface area contributed by atoms with E-state index < -0.39 is 0 Å². The second-order valence-electron chi connectivity index (χ2n) is 3.76. The van der Waals surface area contributed by atoms with E-state index in [1.807, 2.05) is 0 Å². The largest absolute Gasteiger partial charge is 0.0917 e. The van der Waals surface area contributed by atoms with Crippen LogP contribution in [0.2, 0.25) is 0 Å². The van der Waals surface area contributed by atoms with Gasteiger partial charge in [0.1, 0.15) is 0 Å². The molecule has 0 rings (SSSR count). The first kappa shape index (κ1) is 16.9. The van der Waals surface area contributed by atoms with Crippen molar-refractivity contribution in [3.8, 4) is 0 Å². The maximum absolute atomic E-state index is 2.27. The Labute approximate surface area is 97.5 Å². The predicted molar refractivity (Wildman–Crippen MR) is 73.3 cm³/mol. The molecule has 0 aliphatic heterocycles. The lowest BCUT2D eigenvalue weighted by atomic mass is 10.2. The fourth-order valence-corrected chi connectivity index (χ4v) is 1.12. The standard InChI is InChI=1S/C10H18.C5H12/c1-3-5-7-9-10-8-6-4-2;1-3-5-4-2/h3,5,8,10H,4,6-7,9H2,1-2H3;3-5H2,1-2H3. The molecule has 0 bridgehead atoms. The number of unbranched alkanes of at least 4 members (excludes halogenated alkanes) is 4. The topological polar surface area (TPSA) is 0 Å². The first-order chi connectivity index (χ1) is 7.33. The summed E-state index contributed by atoms with van der Waals surface area (Å²) in [6.45, 7) is 8.69. The van der Waals surface area contributed by atoms with Gasteiger partial charge in [0.15, 0.2) is 0 Å². The summed E-state index contributed by atoms with van der Waals surface area (Å²) >= 11 is 0. The minimum atomic E-state index is 1.19. The average molecular weight is 210 g/mol. The summed E-state index contributed by atoms with van der Waals surface area (Å²) in [7, 11) is 0. The highest BCUT2D eigenvalue weighted by Gasteiger charge is 1.74. The third kappa shape index (κ3) is 24.7. The maximum Gasteiger partial charge on any atom is -0.0316 e. The third-order valence-corrected chi connectivity index (χ3v) is 2.06. The van der Waals surface area contributed by atoms with Gasteiger partial charge in [-0.1, -0.05) is 70.8 Å². The highest BCUT2D eigenvalue weighted by atomic mass is 13.8. The van der Waals surface area contributed by atoms with Gasteiger partial charge in [-0.3, -0.25) is 0 Å². The van der Waals surface area contributed by atoms with Crippen LogP contribution in [0, 0.1) is 0 Å². The number of rotatable bonds is 7. The lowest BCUT2D eigenvalue weighted by molar-refractivity contribution is 0.772. The molecule has 0 aromatic heterocycles. The quantitative estimate of drug-likeness (QED) is 0.363. The molecular formula is C15H30. The van der Waals surface area contributed by atoms with Gasteiger partial charge in [0.05, 0.1) is 0 Å². The van der Waals surface area contributed by atoms with Gasteiger partial charge in [0.25, 0.3) is 0 Å². The highest BCUT2D eigenvalue weighted by molar-refractivity contribution is 4.86. The third-order valence-electron chi connectivity index (χ3n) is 2.06. The molecule has 15 heavy (non-hydrogen) atoms. The maximum atomic E-state index is 2.27. The molecule has 0 N–H and O–H groups in total. The van der Waals surface area contributed by atoms with E-state index in [9.17, 15) is 0 Å². The lowest BCUT2D eigenvalue weighted by Crippen LogP contribution is -1.65. The minimum absolute atomic E-state index is 1.19. The van der Waals surface area contributed by atoms with Crippen molar-refractivity contribution in [1.82, 2.24) is 0 Å². The van der Waals surface area contributed by atoms with E-state index >= 15 is 0 Å².